The van der Waals surface area contributed by atoms with Crippen LogP contribution in [0.15, 0.2) is 40.8 Å². The number of aromatic nitrogens is 1. The summed E-state index contributed by atoms with van der Waals surface area (Å²) in [6.45, 7) is 7.20. The Kier molecular flexibility index (Phi) is 9.58. The molecule has 0 spiro atoms. The van der Waals surface area contributed by atoms with Gasteiger partial charge in [0.1, 0.15) is 6.61 Å². The zero-order chi connectivity index (χ0) is 21.9. The number of piperidine rings is 1. The summed E-state index contributed by atoms with van der Waals surface area (Å²) >= 11 is 1.83. The minimum absolute atomic E-state index is 0.372. The van der Waals surface area contributed by atoms with E-state index in [1.54, 1.807) is 7.11 Å². The van der Waals surface area contributed by atoms with Crippen LogP contribution in [-0.4, -0.2) is 62.8 Å². The Balaban J connectivity index is 1.50. The highest BCUT2D eigenvalue weighted by molar-refractivity contribution is 7.10. The molecule has 1 fully saturated rings. The summed E-state index contributed by atoms with van der Waals surface area (Å²) in [6.07, 6.45) is 4.37. The van der Waals surface area contributed by atoms with Crippen LogP contribution in [-0.2, 0) is 11.3 Å². The largest absolute Gasteiger partial charge is 0.475 e. The third kappa shape index (κ3) is 7.48. The molecule has 0 aliphatic carbocycles. The Morgan fingerprint density at radius 1 is 1.26 bits per heavy atom. The van der Waals surface area contributed by atoms with E-state index in [0.717, 1.165) is 37.1 Å². The molecule has 0 radical (unpaired) electrons. The van der Waals surface area contributed by atoms with Crippen LogP contribution < -0.4 is 15.4 Å². The lowest BCUT2D eigenvalue weighted by Gasteiger charge is -2.36. The first-order chi connectivity index (χ1) is 15.2. The number of nitrogens with zero attached hydrogens (tertiary/aromatic N) is 3. The predicted molar refractivity (Wildman–Crippen MR) is 127 cm³/mol. The van der Waals surface area contributed by atoms with Gasteiger partial charge in [-0.05, 0) is 48.9 Å². The molecule has 0 saturated carbocycles. The van der Waals surface area contributed by atoms with E-state index in [4.69, 9.17) is 9.47 Å². The number of nitrogens with one attached hydrogen (secondary N) is 2. The van der Waals surface area contributed by atoms with Gasteiger partial charge in [-0.3, -0.25) is 9.89 Å². The fourth-order valence-electron chi connectivity index (χ4n) is 3.66. The van der Waals surface area contributed by atoms with Gasteiger partial charge in [0, 0.05) is 44.4 Å². The summed E-state index contributed by atoms with van der Waals surface area (Å²) in [6, 6.07) is 8.65. The van der Waals surface area contributed by atoms with Crippen molar-refractivity contribution in [2.24, 2.45) is 10.9 Å². The number of thiophene rings is 1. The molecular formula is C23H35N5O2S. The quantitative estimate of drug-likeness (QED) is 0.332. The smallest absolute Gasteiger partial charge is 0.213 e. The number of hydrogen-bond acceptors (Lipinski definition) is 6. The van der Waals surface area contributed by atoms with Crippen molar-refractivity contribution in [3.63, 3.8) is 0 Å². The molecule has 0 aromatic carbocycles. The number of guanidine groups is 1. The number of likely N-dealkylation sites (tertiary alicyclic amines) is 1. The van der Waals surface area contributed by atoms with Crippen molar-refractivity contribution in [2.45, 2.75) is 32.4 Å². The van der Waals surface area contributed by atoms with Crippen molar-refractivity contribution < 1.29 is 9.47 Å². The van der Waals surface area contributed by atoms with Crippen molar-refractivity contribution in [1.29, 1.82) is 0 Å². The summed E-state index contributed by atoms with van der Waals surface area (Å²) in [5, 5.41) is 9.08. The normalized spacial score (nSPS) is 16.8. The van der Waals surface area contributed by atoms with E-state index in [-0.39, 0.29) is 0 Å². The molecule has 170 valence electrons. The van der Waals surface area contributed by atoms with E-state index in [9.17, 15) is 0 Å². The highest BCUT2D eigenvalue weighted by Crippen LogP contribution is 2.29. The molecule has 31 heavy (non-hydrogen) atoms. The number of rotatable bonds is 10. The Labute approximate surface area is 189 Å². The molecule has 0 bridgehead atoms. The van der Waals surface area contributed by atoms with Crippen LogP contribution >= 0.6 is 11.3 Å². The number of ether oxygens (including phenoxy) is 2. The van der Waals surface area contributed by atoms with E-state index < -0.39 is 0 Å². The predicted octanol–water partition coefficient (Wildman–Crippen LogP) is 3.31. The summed E-state index contributed by atoms with van der Waals surface area (Å²) in [5.41, 5.74) is 1.07. The second-order valence-electron chi connectivity index (χ2n) is 7.90. The van der Waals surface area contributed by atoms with Crippen LogP contribution in [0, 0.1) is 5.92 Å². The minimum Gasteiger partial charge on any atom is -0.475 e. The van der Waals surface area contributed by atoms with E-state index in [0.29, 0.717) is 31.7 Å². The molecule has 3 rings (SSSR count). The third-order valence-corrected chi connectivity index (χ3v) is 6.59. The number of methoxy groups -OCH3 is 1. The molecule has 1 unspecified atom stereocenters. The van der Waals surface area contributed by atoms with Crippen LogP contribution in [0.2, 0.25) is 0 Å². The van der Waals surface area contributed by atoms with E-state index in [1.165, 1.54) is 17.7 Å². The van der Waals surface area contributed by atoms with Crippen molar-refractivity contribution in [3.05, 3.63) is 46.3 Å². The highest BCUT2D eigenvalue weighted by atomic mass is 32.1. The van der Waals surface area contributed by atoms with Crippen molar-refractivity contribution in [1.82, 2.24) is 20.5 Å². The van der Waals surface area contributed by atoms with Crippen molar-refractivity contribution >= 4 is 17.3 Å². The number of pyridine rings is 1. The Hall–Kier alpha value is -2.16. The zero-order valence-electron chi connectivity index (χ0n) is 18.8. The minimum atomic E-state index is 0.372. The van der Waals surface area contributed by atoms with Crippen molar-refractivity contribution in [3.8, 4) is 5.88 Å². The van der Waals surface area contributed by atoms with Gasteiger partial charge in [0.2, 0.25) is 5.88 Å². The Morgan fingerprint density at radius 2 is 2.10 bits per heavy atom. The van der Waals surface area contributed by atoms with Crippen LogP contribution in [0.5, 0.6) is 5.88 Å². The third-order valence-electron chi connectivity index (χ3n) is 5.61. The highest BCUT2D eigenvalue weighted by Gasteiger charge is 2.25. The molecule has 1 aliphatic heterocycles. The maximum atomic E-state index is 5.52. The fraction of sp³-hybridized carbons (Fsp3) is 0.565. The van der Waals surface area contributed by atoms with Gasteiger partial charge in [0.15, 0.2) is 5.96 Å². The van der Waals surface area contributed by atoms with E-state index in [2.05, 4.69) is 49.9 Å². The van der Waals surface area contributed by atoms with Gasteiger partial charge in [-0.1, -0.05) is 19.1 Å². The first-order valence-corrected chi connectivity index (χ1v) is 11.9. The Morgan fingerprint density at radius 3 is 2.74 bits per heavy atom. The molecule has 2 aromatic rings. The maximum absolute atomic E-state index is 5.52. The zero-order valence-corrected chi connectivity index (χ0v) is 19.7. The Bertz CT molecular complexity index is 774. The van der Waals surface area contributed by atoms with Gasteiger partial charge < -0.3 is 20.1 Å². The van der Waals surface area contributed by atoms with Gasteiger partial charge in [0.05, 0.1) is 12.6 Å². The molecule has 3 heterocycles. The molecule has 1 aliphatic rings. The first-order valence-electron chi connectivity index (χ1n) is 11.0. The second kappa shape index (κ2) is 12.6. The molecule has 8 heteroatoms. The fourth-order valence-corrected chi connectivity index (χ4v) is 4.52. The van der Waals surface area contributed by atoms with Crippen LogP contribution in [0.1, 0.15) is 36.2 Å². The lowest BCUT2D eigenvalue weighted by atomic mass is 9.97. The number of hydrogen-bond donors (Lipinski definition) is 2. The lowest BCUT2D eigenvalue weighted by Crippen LogP contribution is -2.44. The van der Waals surface area contributed by atoms with Gasteiger partial charge in [-0.2, -0.15) is 0 Å². The van der Waals surface area contributed by atoms with Gasteiger partial charge in [-0.15, -0.1) is 11.3 Å². The standard InChI is InChI=1S/C23H35N5O2S/c1-18-8-10-28(11-9-18)20(21-5-4-14-31-21)17-27-23(24-2)26-16-19-6-7-22(25-15-19)30-13-12-29-3/h4-7,14-15,18,20H,8-13,16-17H2,1-3H3,(H2,24,26,27). The van der Waals surface area contributed by atoms with Gasteiger partial charge in [-0.25, -0.2) is 4.98 Å². The van der Waals surface area contributed by atoms with Crippen molar-refractivity contribution in [2.75, 3.05) is 47.0 Å². The molecule has 2 N–H and O–H groups in total. The molecule has 2 aromatic heterocycles. The lowest BCUT2D eigenvalue weighted by molar-refractivity contribution is 0.140. The summed E-state index contributed by atoms with van der Waals surface area (Å²) in [4.78, 5) is 12.8. The molecule has 0 amide bonds. The molecule has 1 saturated heterocycles. The average molecular weight is 446 g/mol. The maximum Gasteiger partial charge on any atom is 0.213 e. The van der Waals surface area contributed by atoms with Crippen LogP contribution in [0.25, 0.3) is 0 Å². The van der Waals surface area contributed by atoms with Gasteiger partial charge >= 0.3 is 0 Å². The SMILES string of the molecule is CN=C(NCc1ccc(OCCOC)nc1)NCC(c1cccs1)N1CCC(C)CC1. The summed E-state index contributed by atoms with van der Waals surface area (Å²) in [7, 11) is 3.46. The summed E-state index contributed by atoms with van der Waals surface area (Å²) in [5.74, 6) is 2.23. The van der Waals surface area contributed by atoms with E-state index >= 15 is 0 Å². The van der Waals surface area contributed by atoms with Crippen LogP contribution in [0.4, 0.5) is 0 Å². The van der Waals surface area contributed by atoms with Crippen LogP contribution in [0.3, 0.4) is 0 Å². The monoisotopic (exact) mass is 445 g/mol. The van der Waals surface area contributed by atoms with E-state index in [1.807, 2.05) is 36.7 Å². The first kappa shape index (κ1) is 23.5. The average Bonchev–Trinajstić information content (AvgIpc) is 3.33. The number of aliphatic imine (C=N–C) groups is 1. The summed E-state index contributed by atoms with van der Waals surface area (Å²) < 4.78 is 10.5. The topological polar surface area (TPSA) is 71.0 Å². The van der Waals surface area contributed by atoms with Gasteiger partial charge in [0.25, 0.3) is 0 Å². The molecular weight excluding hydrogens is 410 g/mol. The molecule has 1 atom stereocenters. The molecule has 7 nitrogen and oxygen atoms in total. The second-order valence-corrected chi connectivity index (χ2v) is 8.88.